The van der Waals surface area contributed by atoms with Gasteiger partial charge >= 0.3 is 0 Å². The van der Waals surface area contributed by atoms with Gasteiger partial charge in [0.2, 0.25) is 0 Å². The van der Waals surface area contributed by atoms with Crippen LogP contribution in [-0.4, -0.2) is 43.2 Å². The van der Waals surface area contributed by atoms with E-state index in [9.17, 15) is 5.11 Å². The normalized spacial score (nSPS) is 22.7. The van der Waals surface area contributed by atoms with Gasteiger partial charge in [0.15, 0.2) is 0 Å². The third-order valence-corrected chi connectivity index (χ3v) is 5.77. The Morgan fingerprint density at radius 1 is 0.719 bits per heavy atom. The van der Waals surface area contributed by atoms with Crippen molar-refractivity contribution in [2.24, 2.45) is 0 Å². The fourth-order valence-corrected chi connectivity index (χ4v) is 4.14. The number of ether oxygens (including phenoxy) is 4. The van der Waals surface area contributed by atoms with Gasteiger partial charge in [-0.2, -0.15) is 0 Å². The Kier molecular flexibility index (Phi) is 7.91. The van der Waals surface area contributed by atoms with Gasteiger partial charge in [-0.25, -0.2) is 0 Å². The summed E-state index contributed by atoms with van der Waals surface area (Å²) in [7, 11) is 1.67. The van der Waals surface area contributed by atoms with Crippen molar-refractivity contribution in [3.05, 3.63) is 102 Å². The molecular formula is C27H30O5. The first-order chi connectivity index (χ1) is 15.8. The second-order valence-corrected chi connectivity index (χ2v) is 7.93. The molecule has 168 valence electrons. The smallest absolute Gasteiger partial charge is 0.122 e. The van der Waals surface area contributed by atoms with Crippen molar-refractivity contribution in [1.29, 1.82) is 0 Å². The van der Waals surface area contributed by atoms with Gasteiger partial charge in [0.05, 0.1) is 33.0 Å². The standard InChI is InChI=1S/C27H30O5/c1-29-23-15-9-8-14-22(23)16-24-26(30-18-20-10-4-2-5-11-20)27(25(17-28)32-24)31-19-21-12-6-3-7-13-21/h2-15,24-28H,16-19H2,1H3/t24-,25+,26+,27+/m0/s1. The summed E-state index contributed by atoms with van der Waals surface area (Å²) in [5.41, 5.74) is 3.19. The van der Waals surface area contributed by atoms with Crippen molar-refractivity contribution in [3.63, 3.8) is 0 Å². The van der Waals surface area contributed by atoms with Crippen LogP contribution in [0.1, 0.15) is 16.7 Å². The maximum Gasteiger partial charge on any atom is 0.122 e. The van der Waals surface area contributed by atoms with Crippen LogP contribution in [0.5, 0.6) is 5.75 Å². The summed E-state index contributed by atoms with van der Waals surface area (Å²) < 4.78 is 24.4. The number of hydrogen-bond donors (Lipinski definition) is 1. The summed E-state index contributed by atoms with van der Waals surface area (Å²) in [6, 6.07) is 28.0. The fourth-order valence-electron chi connectivity index (χ4n) is 4.14. The van der Waals surface area contributed by atoms with Crippen LogP contribution < -0.4 is 4.74 Å². The van der Waals surface area contributed by atoms with Gasteiger partial charge < -0.3 is 24.1 Å². The second kappa shape index (κ2) is 11.2. The van der Waals surface area contributed by atoms with E-state index in [4.69, 9.17) is 18.9 Å². The molecule has 1 aliphatic heterocycles. The van der Waals surface area contributed by atoms with E-state index in [-0.39, 0.29) is 24.9 Å². The molecule has 32 heavy (non-hydrogen) atoms. The molecule has 0 amide bonds. The lowest BCUT2D eigenvalue weighted by atomic mass is 10.00. The number of para-hydroxylation sites is 1. The number of benzene rings is 3. The number of hydrogen-bond acceptors (Lipinski definition) is 5. The van der Waals surface area contributed by atoms with Crippen LogP contribution in [0.3, 0.4) is 0 Å². The molecule has 1 N–H and O–H groups in total. The van der Waals surface area contributed by atoms with Crippen LogP contribution in [0.15, 0.2) is 84.9 Å². The van der Waals surface area contributed by atoms with Gasteiger partial charge in [-0.1, -0.05) is 78.9 Å². The van der Waals surface area contributed by atoms with Crippen molar-refractivity contribution in [2.75, 3.05) is 13.7 Å². The first kappa shape index (κ1) is 22.5. The summed E-state index contributed by atoms with van der Waals surface area (Å²) >= 11 is 0. The average Bonchev–Trinajstić information content (AvgIpc) is 3.19. The number of methoxy groups -OCH3 is 1. The first-order valence-corrected chi connectivity index (χ1v) is 11.0. The molecule has 3 aromatic rings. The highest BCUT2D eigenvalue weighted by molar-refractivity contribution is 5.34. The lowest BCUT2D eigenvalue weighted by molar-refractivity contribution is -0.0833. The minimum absolute atomic E-state index is 0.132. The van der Waals surface area contributed by atoms with Gasteiger partial charge in [-0.05, 0) is 22.8 Å². The first-order valence-electron chi connectivity index (χ1n) is 11.0. The lowest BCUT2D eigenvalue weighted by Gasteiger charge is -2.25. The Hall–Kier alpha value is -2.70. The third kappa shape index (κ3) is 5.56. The molecule has 0 spiro atoms. The lowest BCUT2D eigenvalue weighted by Crippen LogP contribution is -2.39. The third-order valence-electron chi connectivity index (χ3n) is 5.77. The Morgan fingerprint density at radius 3 is 1.81 bits per heavy atom. The molecule has 4 atom stereocenters. The average molecular weight is 435 g/mol. The summed E-state index contributed by atoms with van der Waals surface area (Å²) in [6.45, 7) is 0.742. The molecule has 0 bridgehead atoms. The zero-order valence-electron chi connectivity index (χ0n) is 18.3. The zero-order chi connectivity index (χ0) is 22.2. The van der Waals surface area contributed by atoms with E-state index in [1.165, 1.54) is 0 Å². The van der Waals surface area contributed by atoms with E-state index in [2.05, 4.69) is 0 Å². The van der Waals surface area contributed by atoms with Crippen LogP contribution in [0, 0.1) is 0 Å². The van der Waals surface area contributed by atoms with Gasteiger partial charge in [0.25, 0.3) is 0 Å². The maximum absolute atomic E-state index is 10.0. The fraction of sp³-hybridized carbons (Fsp3) is 0.333. The van der Waals surface area contributed by atoms with E-state index < -0.39 is 6.10 Å². The summed E-state index contributed by atoms with van der Waals surface area (Å²) in [5, 5.41) is 10.0. The van der Waals surface area contributed by atoms with Crippen molar-refractivity contribution in [1.82, 2.24) is 0 Å². The minimum atomic E-state index is -0.459. The Bertz CT molecular complexity index is 947. The summed E-state index contributed by atoms with van der Waals surface area (Å²) in [4.78, 5) is 0. The molecule has 0 aromatic heterocycles. The zero-order valence-corrected chi connectivity index (χ0v) is 18.3. The minimum Gasteiger partial charge on any atom is -0.496 e. The van der Waals surface area contributed by atoms with E-state index in [1.807, 2.05) is 84.9 Å². The molecule has 5 nitrogen and oxygen atoms in total. The Balaban J connectivity index is 1.54. The molecule has 5 heteroatoms. The molecule has 1 heterocycles. The molecule has 1 saturated heterocycles. The van der Waals surface area contributed by atoms with Gasteiger partial charge in [0.1, 0.15) is 24.1 Å². The van der Waals surface area contributed by atoms with Crippen LogP contribution in [0.25, 0.3) is 0 Å². The molecule has 3 aromatic carbocycles. The van der Waals surface area contributed by atoms with Gasteiger partial charge in [0, 0.05) is 6.42 Å². The highest BCUT2D eigenvalue weighted by Gasteiger charge is 2.46. The van der Waals surface area contributed by atoms with Crippen molar-refractivity contribution < 1.29 is 24.1 Å². The van der Waals surface area contributed by atoms with Crippen molar-refractivity contribution >= 4 is 0 Å². The van der Waals surface area contributed by atoms with Crippen LogP contribution in [0.4, 0.5) is 0 Å². The van der Waals surface area contributed by atoms with Gasteiger partial charge in [-0.15, -0.1) is 0 Å². The van der Waals surface area contributed by atoms with Crippen molar-refractivity contribution in [2.45, 2.75) is 44.1 Å². The molecule has 1 aliphatic rings. The van der Waals surface area contributed by atoms with E-state index in [0.717, 1.165) is 22.4 Å². The predicted octanol–water partition coefficient (Wildman–Crippen LogP) is 4.17. The summed E-state index contributed by atoms with van der Waals surface area (Å²) in [6.07, 6.45) is -0.845. The predicted molar refractivity (Wildman–Crippen MR) is 122 cm³/mol. The van der Waals surface area contributed by atoms with E-state index in [1.54, 1.807) is 7.11 Å². The molecule has 0 unspecified atom stereocenters. The molecular weight excluding hydrogens is 404 g/mol. The topological polar surface area (TPSA) is 57.2 Å². The quantitative estimate of drug-likeness (QED) is 0.519. The molecule has 0 radical (unpaired) electrons. The molecule has 1 fully saturated rings. The van der Waals surface area contributed by atoms with E-state index >= 15 is 0 Å². The monoisotopic (exact) mass is 434 g/mol. The highest BCUT2D eigenvalue weighted by atomic mass is 16.6. The second-order valence-electron chi connectivity index (χ2n) is 7.93. The Labute approximate surface area is 189 Å². The van der Waals surface area contributed by atoms with Crippen LogP contribution in [-0.2, 0) is 33.8 Å². The van der Waals surface area contributed by atoms with Crippen LogP contribution in [0.2, 0.25) is 0 Å². The van der Waals surface area contributed by atoms with Crippen LogP contribution >= 0.6 is 0 Å². The van der Waals surface area contributed by atoms with Gasteiger partial charge in [-0.3, -0.25) is 0 Å². The SMILES string of the molecule is COc1ccccc1C[C@@H]1O[C@H](CO)[C@@H](OCc2ccccc2)[C@@H]1OCc1ccccc1. The molecule has 0 aliphatic carbocycles. The van der Waals surface area contributed by atoms with E-state index in [0.29, 0.717) is 19.6 Å². The summed E-state index contributed by atoms with van der Waals surface area (Å²) in [5.74, 6) is 0.812. The molecule has 0 saturated carbocycles. The van der Waals surface area contributed by atoms with Crippen molar-refractivity contribution in [3.8, 4) is 5.75 Å². The highest BCUT2D eigenvalue weighted by Crippen LogP contribution is 2.32. The molecule has 4 rings (SSSR count). The maximum atomic E-state index is 10.0. The largest absolute Gasteiger partial charge is 0.496 e. The Morgan fingerprint density at radius 2 is 1.25 bits per heavy atom. The number of aliphatic hydroxyl groups excluding tert-OH is 1. The number of aliphatic hydroxyl groups is 1. The number of rotatable bonds is 10.